The molecule has 0 aromatic heterocycles. The van der Waals surface area contributed by atoms with Crippen LogP contribution in [0.25, 0.3) is 0 Å². The van der Waals surface area contributed by atoms with Gasteiger partial charge in [0.2, 0.25) is 11.3 Å². The topological polar surface area (TPSA) is 29.5 Å². The highest BCUT2D eigenvalue weighted by Gasteiger charge is 2.73. The van der Waals surface area contributed by atoms with Crippen molar-refractivity contribution in [3.05, 3.63) is 0 Å². The number of alkyl halides is 6. The van der Waals surface area contributed by atoms with Crippen molar-refractivity contribution in [3.63, 3.8) is 0 Å². The second-order valence-electron chi connectivity index (χ2n) is 4.03. The molecule has 1 aliphatic heterocycles. The Balaban J connectivity index is 3.08. The van der Waals surface area contributed by atoms with Gasteiger partial charge in [0.1, 0.15) is 0 Å². The summed E-state index contributed by atoms with van der Waals surface area (Å²) in [7, 11) is 0. The van der Waals surface area contributed by atoms with Gasteiger partial charge in [-0.05, 0) is 6.92 Å². The Bertz CT molecular complexity index is 304. The zero-order valence-corrected chi connectivity index (χ0v) is 9.36. The molecule has 1 heterocycles. The van der Waals surface area contributed by atoms with Gasteiger partial charge in [-0.15, -0.1) is 0 Å². The Hall–Kier alpha value is -0.990. The number of hydrogen-bond acceptors (Lipinski definition) is 2. The quantitative estimate of drug-likeness (QED) is 0.687. The number of morpholine rings is 1. The Morgan fingerprint density at radius 2 is 1.39 bits per heavy atom. The fourth-order valence-corrected chi connectivity index (χ4v) is 1.49. The van der Waals surface area contributed by atoms with Crippen molar-refractivity contribution in [1.82, 2.24) is 4.90 Å². The molecule has 0 unspecified atom stereocenters. The number of ether oxygens (including phenoxy) is 1. The van der Waals surface area contributed by atoms with E-state index in [1.54, 1.807) is 0 Å². The van der Waals surface area contributed by atoms with Crippen molar-refractivity contribution in [2.75, 3.05) is 26.3 Å². The van der Waals surface area contributed by atoms with Gasteiger partial charge in [0.05, 0.1) is 13.2 Å². The van der Waals surface area contributed by atoms with Crippen LogP contribution in [-0.4, -0.2) is 49.5 Å². The maximum absolute atomic E-state index is 12.6. The van der Waals surface area contributed by atoms with Crippen molar-refractivity contribution in [3.8, 4) is 0 Å². The third kappa shape index (κ3) is 2.40. The van der Waals surface area contributed by atoms with Crippen LogP contribution in [0.3, 0.4) is 0 Å². The van der Waals surface area contributed by atoms with E-state index in [-0.39, 0.29) is 33.2 Å². The van der Waals surface area contributed by atoms with E-state index in [4.69, 9.17) is 4.74 Å². The summed E-state index contributed by atoms with van der Waals surface area (Å²) in [4.78, 5) is 12.1. The zero-order chi connectivity index (χ0) is 14.2. The number of nitrogens with zero attached hydrogens (tertiary/aromatic N) is 1. The van der Waals surface area contributed by atoms with Crippen LogP contribution in [-0.2, 0) is 9.53 Å². The summed E-state index contributed by atoms with van der Waals surface area (Å²) in [5, 5.41) is 0. The molecular formula is C9H11F6NO2. The standard InChI is InChI=1S/C9H11F6NO2/c1-7(8(10,11)12,9(13,14)15)6(17)16-2-4-18-5-3-16/h2-5H2,1H3. The normalized spacial score (nSPS) is 18.9. The molecule has 0 saturated carbocycles. The van der Waals surface area contributed by atoms with Gasteiger partial charge < -0.3 is 9.64 Å². The summed E-state index contributed by atoms with van der Waals surface area (Å²) in [6.07, 6.45) is -11.4. The maximum atomic E-state index is 12.6. The molecule has 1 amide bonds. The lowest BCUT2D eigenvalue weighted by Gasteiger charge is -2.38. The van der Waals surface area contributed by atoms with Gasteiger partial charge >= 0.3 is 12.4 Å². The first-order valence-electron chi connectivity index (χ1n) is 5.02. The molecule has 1 rings (SSSR count). The minimum Gasteiger partial charge on any atom is -0.378 e. The Morgan fingerprint density at radius 1 is 1.00 bits per heavy atom. The Kier molecular flexibility index (Phi) is 3.85. The van der Waals surface area contributed by atoms with Gasteiger partial charge in [0.15, 0.2) is 0 Å². The van der Waals surface area contributed by atoms with E-state index >= 15 is 0 Å². The number of carbonyl (C=O) groups excluding carboxylic acids is 1. The predicted molar refractivity (Wildman–Crippen MR) is 47.6 cm³/mol. The second kappa shape index (κ2) is 4.60. The third-order valence-electron chi connectivity index (χ3n) is 2.86. The summed E-state index contributed by atoms with van der Waals surface area (Å²) in [5.74, 6) is -1.98. The SMILES string of the molecule is CC(C(=O)N1CCOCC1)(C(F)(F)F)C(F)(F)F. The Morgan fingerprint density at radius 3 is 1.72 bits per heavy atom. The predicted octanol–water partition coefficient (Wildman–Crippen LogP) is 1.98. The molecule has 3 nitrogen and oxygen atoms in total. The number of hydrogen-bond donors (Lipinski definition) is 0. The molecular weight excluding hydrogens is 268 g/mol. The fourth-order valence-electron chi connectivity index (χ4n) is 1.49. The second-order valence-corrected chi connectivity index (χ2v) is 4.03. The molecule has 106 valence electrons. The average molecular weight is 279 g/mol. The first kappa shape index (κ1) is 15.1. The molecule has 0 spiro atoms. The van der Waals surface area contributed by atoms with Gasteiger partial charge in [-0.25, -0.2) is 0 Å². The molecule has 0 N–H and O–H groups in total. The largest absolute Gasteiger partial charge is 0.411 e. The molecule has 0 aromatic carbocycles. The van der Waals surface area contributed by atoms with Crippen molar-refractivity contribution < 1.29 is 35.9 Å². The monoisotopic (exact) mass is 279 g/mol. The molecule has 18 heavy (non-hydrogen) atoms. The van der Waals surface area contributed by atoms with Crippen LogP contribution in [0.15, 0.2) is 0 Å². The van der Waals surface area contributed by atoms with Crippen LogP contribution in [0.1, 0.15) is 6.92 Å². The van der Waals surface area contributed by atoms with Crippen LogP contribution in [0, 0.1) is 5.41 Å². The number of rotatable bonds is 1. The van der Waals surface area contributed by atoms with Crippen LogP contribution >= 0.6 is 0 Å². The molecule has 1 fully saturated rings. The molecule has 0 aromatic rings. The third-order valence-corrected chi connectivity index (χ3v) is 2.86. The van der Waals surface area contributed by atoms with Crippen LogP contribution in [0.2, 0.25) is 0 Å². The van der Waals surface area contributed by atoms with E-state index in [0.717, 1.165) is 0 Å². The highest BCUT2D eigenvalue weighted by Crippen LogP contribution is 2.51. The van der Waals surface area contributed by atoms with Gasteiger partial charge in [-0.3, -0.25) is 4.79 Å². The molecule has 1 aliphatic rings. The van der Waals surface area contributed by atoms with Crippen LogP contribution < -0.4 is 0 Å². The number of halogens is 6. The summed E-state index contributed by atoms with van der Waals surface area (Å²) < 4.78 is 80.4. The van der Waals surface area contributed by atoms with E-state index in [9.17, 15) is 31.1 Å². The van der Waals surface area contributed by atoms with Gasteiger partial charge in [0, 0.05) is 13.1 Å². The van der Waals surface area contributed by atoms with E-state index < -0.39 is 23.7 Å². The number of carbonyl (C=O) groups is 1. The van der Waals surface area contributed by atoms with E-state index in [2.05, 4.69) is 0 Å². The van der Waals surface area contributed by atoms with E-state index in [1.165, 1.54) is 0 Å². The Labute approximate surface area is 98.7 Å². The first-order chi connectivity index (χ1) is 8.02. The lowest BCUT2D eigenvalue weighted by Crippen LogP contribution is -2.60. The van der Waals surface area contributed by atoms with E-state index in [1.807, 2.05) is 0 Å². The number of amides is 1. The van der Waals surface area contributed by atoms with Crippen molar-refractivity contribution in [2.24, 2.45) is 5.41 Å². The van der Waals surface area contributed by atoms with Gasteiger partial charge in [-0.1, -0.05) is 0 Å². The average Bonchev–Trinajstić information content (AvgIpc) is 2.25. The zero-order valence-electron chi connectivity index (χ0n) is 9.36. The summed E-state index contributed by atoms with van der Waals surface area (Å²) in [5.41, 5.74) is -4.38. The lowest BCUT2D eigenvalue weighted by atomic mass is 9.87. The van der Waals surface area contributed by atoms with E-state index in [0.29, 0.717) is 4.90 Å². The van der Waals surface area contributed by atoms with Crippen LogP contribution in [0.5, 0.6) is 0 Å². The minimum atomic E-state index is -5.69. The molecule has 9 heteroatoms. The highest BCUT2D eigenvalue weighted by atomic mass is 19.4. The first-order valence-corrected chi connectivity index (χ1v) is 5.02. The van der Waals surface area contributed by atoms with Gasteiger partial charge in [0.25, 0.3) is 0 Å². The molecule has 0 aliphatic carbocycles. The van der Waals surface area contributed by atoms with Crippen molar-refractivity contribution in [2.45, 2.75) is 19.3 Å². The van der Waals surface area contributed by atoms with Crippen molar-refractivity contribution >= 4 is 5.91 Å². The fraction of sp³-hybridized carbons (Fsp3) is 0.889. The van der Waals surface area contributed by atoms with Crippen molar-refractivity contribution in [1.29, 1.82) is 0 Å². The summed E-state index contributed by atoms with van der Waals surface area (Å²) in [6.45, 7) is -0.832. The smallest absolute Gasteiger partial charge is 0.378 e. The molecule has 0 bridgehead atoms. The lowest BCUT2D eigenvalue weighted by molar-refractivity contribution is -0.322. The van der Waals surface area contributed by atoms with Gasteiger partial charge in [-0.2, -0.15) is 26.3 Å². The van der Waals surface area contributed by atoms with Crippen LogP contribution in [0.4, 0.5) is 26.3 Å². The maximum Gasteiger partial charge on any atom is 0.411 e. The summed E-state index contributed by atoms with van der Waals surface area (Å²) >= 11 is 0. The summed E-state index contributed by atoms with van der Waals surface area (Å²) in [6, 6.07) is 0. The molecule has 1 saturated heterocycles. The molecule has 0 atom stereocenters. The minimum absolute atomic E-state index is 0.0719. The highest BCUT2D eigenvalue weighted by molar-refractivity contribution is 5.84. The molecule has 0 radical (unpaired) electrons.